The number of nitrogens with one attached hydrogen (secondary N) is 1. The summed E-state index contributed by atoms with van der Waals surface area (Å²) in [5, 5.41) is 13.7. The molecule has 9 heteroatoms. The molecular weight excluding hydrogens is 352 g/mol. The average Bonchev–Trinajstić information content (AvgIpc) is 2.68. The Morgan fingerprint density at radius 3 is 2.59 bits per heavy atom. The highest BCUT2D eigenvalue weighted by atomic mass is 16.6. The Morgan fingerprint density at radius 2 is 1.89 bits per heavy atom. The van der Waals surface area contributed by atoms with E-state index in [4.69, 9.17) is 4.74 Å². The Bertz CT molecular complexity index is 975. The van der Waals surface area contributed by atoms with Gasteiger partial charge in [-0.05, 0) is 30.3 Å². The number of methoxy groups -OCH3 is 1. The smallest absolute Gasteiger partial charge is 0.376 e. The van der Waals surface area contributed by atoms with Gasteiger partial charge in [-0.25, -0.2) is 14.8 Å². The second kappa shape index (κ2) is 7.91. The van der Waals surface area contributed by atoms with Crippen molar-refractivity contribution in [2.75, 3.05) is 12.4 Å². The van der Waals surface area contributed by atoms with Crippen LogP contribution in [-0.4, -0.2) is 28.0 Å². The third-order valence-electron chi connectivity index (χ3n) is 3.41. The predicted molar refractivity (Wildman–Crippen MR) is 96.3 cm³/mol. The molecule has 3 aromatic rings. The van der Waals surface area contributed by atoms with Crippen LogP contribution in [0.2, 0.25) is 0 Å². The zero-order valence-electron chi connectivity index (χ0n) is 14.2. The summed E-state index contributed by atoms with van der Waals surface area (Å²) in [4.78, 5) is 29.6. The molecule has 0 aliphatic rings. The van der Waals surface area contributed by atoms with Crippen LogP contribution in [0.5, 0.6) is 11.5 Å². The van der Waals surface area contributed by atoms with Gasteiger partial charge in [0.1, 0.15) is 17.3 Å². The lowest BCUT2D eigenvalue weighted by atomic mass is 10.3. The summed E-state index contributed by atoms with van der Waals surface area (Å²) in [6.45, 7) is 0. The van der Waals surface area contributed by atoms with Gasteiger partial charge in [0.25, 0.3) is 5.69 Å². The zero-order chi connectivity index (χ0) is 19.2. The Morgan fingerprint density at radius 1 is 1.11 bits per heavy atom. The van der Waals surface area contributed by atoms with Crippen LogP contribution in [0.3, 0.4) is 0 Å². The summed E-state index contributed by atoms with van der Waals surface area (Å²) in [6, 6.07) is 14.4. The number of anilines is 2. The van der Waals surface area contributed by atoms with E-state index < -0.39 is 10.9 Å². The lowest BCUT2D eigenvalue weighted by Gasteiger charge is -2.09. The van der Waals surface area contributed by atoms with Crippen molar-refractivity contribution < 1.29 is 19.2 Å². The number of carbonyl (C=O) groups excluding carboxylic acids is 1. The summed E-state index contributed by atoms with van der Waals surface area (Å²) in [5.74, 6) is 0.719. The van der Waals surface area contributed by atoms with E-state index in [2.05, 4.69) is 20.0 Å². The molecule has 0 bridgehead atoms. The molecule has 0 aliphatic heterocycles. The summed E-state index contributed by atoms with van der Waals surface area (Å²) in [5.41, 5.74) is 0.659. The Kier molecular flexibility index (Phi) is 5.22. The molecule has 2 aromatic carbocycles. The van der Waals surface area contributed by atoms with E-state index in [1.54, 1.807) is 30.3 Å². The molecular formula is C18H14N4O5. The zero-order valence-corrected chi connectivity index (χ0v) is 14.2. The lowest BCUT2D eigenvalue weighted by Crippen LogP contribution is -2.08. The summed E-state index contributed by atoms with van der Waals surface area (Å²) in [7, 11) is 1.25. The number of hydrogen-bond acceptors (Lipinski definition) is 8. The van der Waals surface area contributed by atoms with Crippen LogP contribution in [-0.2, 0) is 4.74 Å². The Hall–Kier alpha value is -4.01. The normalized spacial score (nSPS) is 10.1. The minimum atomic E-state index is -0.631. The summed E-state index contributed by atoms with van der Waals surface area (Å²) in [6.07, 6.45) is 1.44. The molecule has 136 valence electrons. The molecule has 0 fully saturated rings. The third-order valence-corrected chi connectivity index (χ3v) is 3.41. The van der Waals surface area contributed by atoms with Crippen molar-refractivity contribution in [3.05, 3.63) is 76.7 Å². The molecule has 0 saturated carbocycles. The van der Waals surface area contributed by atoms with Crippen LogP contribution in [0, 0.1) is 10.1 Å². The van der Waals surface area contributed by atoms with Gasteiger partial charge in [-0.15, -0.1) is 0 Å². The maximum Gasteiger partial charge on any atom is 0.376 e. The number of nitro benzene ring substituents is 1. The molecule has 0 radical (unpaired) electrons. The van der Waals surface area contributed by atoms with E-state index in [0.29, 0.717) is 23.0 Å². The number of carbonyl (C=O) groups is 1. The van der Waals surface area contributed by atoms with Gasteiger partial charge in [-0.1, -0.05) is 6.07 Å². The number of non-ortho nitro benzene ring substituents is 1. The first-order chi connectivity index (χ1) is 13.0. The average molecular weight is 366 g/mol. The van der Waals surface area contributed by atoms with Crippen molar-refractivity contribution >= 4 is 23.2 Å². The van der Waals surface area contributed by atoms with Crippen LogP contribution in [0.25, 0.3) is 0 Å². The predicted octanol–water partition coefficient (Wildman–Crippen LogP) is 3.71. The first kappa shape index (κ1) is 17.8. The topological polar surface area (TPSA) is 116 Å². The molecule has 0 atom stereocenters. The molecule has 0 amide bonds. The third kappa shape index (κ3) is 4.54. The quantitative estimate of drug-likeness (QED) is 0.399. The standard InChI is InChI=1S/C18H14N4O5/c1-26-18(23)17-19-10-9-16(21-17)20-12-3-2-4-15(11-12)27-14-7-5-13(6-8-14)22(24)25/h2-11H,1H3,(H,19,20,21). The number of nitro groups is 1. The van der Waals surface area contributed by atoms with Crippen LogP contribution in [0.1, 0.15) is 10.6 Å². The highest BCUT2D eigenvalue weighted by Crippen LogP contribution is 2.26. The number of rotatable bonds is 6. The number of ether oxygens (including phenoxy) is 2. The molecule has 1 aromatic heterocycles. The fraction of sp³-hybridized carbons (Fsp3) is 0.0556. The minimum absolute atomic E-state index is 0.0112. The van der Waals surface area contributed by atoms with Gasteiger partial charge in [-0.2, -0.15) is 0 Å². The van der Waals surface area contributed by atoms with Crippen LogP contribution < -0.4 is 10.1 Å². The molecule has 0 aliphatic carbocycles. The van der Waals surface area contributed by atoms with Crippen molar-refractivity contribution in [1.29, 1.82) is 0 Å². The first-order valence-corrected chi connectivity index (χ1v) is 7.76. The number of hydrogen-bond donors (Lipinski definition) is 1. The number of nitrogens with zero attached hydrogens (tertiary/aromatic N) is 3. The van der Waals surface area contributed by atoms with Gasteiger partial charge in [0.2, 0.25) is 5.82 Å². The van der Waals surface area contributed by atoms with Gasteiger partial charge in [0, 0.05) is 30.1 Å². The monoisotopic (exact) mass is 366 g/mol. The van der Waals surface area contributed by atoms with Crippen LogP contribution in [0.15, 0.2) is 60.8 Å². The van der Waals surface area contributed by atoms with E-state index in [-0.39, 0.29) is 11.5 Å². The fourth-order valence-corrected chi connectivity index (χ4v) is 2.18. The fourth-order valence-electron chi connectivity index (χ4n) is 2.18. The molecule has 0 unspecified atom stereocenters. The largest absolute Gasteiger partial charge is 0.463 e. The van der Waals surface area contributed by atoms with Gasteiger partial charge >= 0.3 is 5.97 Å². The molecule has 9 nitrogen and oxygen atoms in total. The highest BCUT2D eigenvalue weighted by molar-refractivity contribution is 5.85. The van der Waals surface area contributed by atoms with E-state index in [1.807, 2.05) is 0 Å². The van der Waals surface area contributed by atoms with Gasteiger partial charge < -0.3 is 14.8 Å². The van der Waals surface area contributed by atoms with Crippen molar-refractivity contribution in [1.82, 2.24) is 9.97 Å². The van der Waals surface area contributed by atoms with Gasteiger partial charge in [-0.3, -0.25) is 10.1 Å². The van der Waals surface area contributed by atoms with E-state index in [0.717, 1.165) is 0 Å². The number of aromatic nitrogens is 2. The van der Waals surface area contributed by atoms with E-state index in [1.165, 1.54) is 37.6 Å². The van der Waals surface area contributed by atoms with Crippen molar-refractivity contribution in [2.24, 2.45) is 0 Å². The molecule has 1 N–H and O–H groups in total. The molecule has 0 spiro atoms. The SMILES string of the molecule is COC(=O)c1nccc(Nc2cccc(Oc3ccc([N+](=O)[O-])cc3)c2)n1. The van der Waals surface area contributed by atoms with Gasteiger partial charge in [0.05, 0.1) is 12.0 Å². The molecule has 3 rings (SSSR count). The number of benzene rings is 2. The van der Waals surface area contributed by atoms with Gasteiger partial charge in [0.15, 0.2) is 0 Å². The van der Waals surface area contributed by atoms with E-state index >= 15 is 0 Å². The van der Waals surface area contributed by atoms with Crippen molar-refractivity contribution in [3.8, 4) is 11.5 Å². The summed E-state index contributed by atoms with van der Waals surface area (Å²) >= 11 is 0. The second-order valence-electron chi connectivity index (χ2n) is 5.26. The molecule has 0 saturated heterocycles. The van der Waals surface area contributed by atoms with E-state index in [9.17, 15) is 14.9 Å². The second-order valence-corrected chi connectivity index (χ2v) is 5.26. The molecule has 27 heavy (non-hydrogen) atoms. The van der Waals surface area contributed by atoms with Crippen molar-refractivity contribution in [2.45, 2.75) is 0 Å². The lowest BCUT2D eigenvalue weighted by molar-refractivity contribution is -0.384. The summed E-state index contributed by atoms with van der Waals surface area (Å²) < 4.78 is 10.3. The van der Waals surface area contributed by atoms with Crippen LogP contribution in [0.4, 0.5) is 17.2 Å². The maximum absolute atomic E-state index is 11.5. The molecule has 1 heterocycles. The maximum atomic E-state index is 11.5. The highest BCUT2D eigenvalue weighted by Gasteiger charge is 2.10. The number of esters is 1. The minimum Gasteiger partial charge on any atom is -0.463 e. The Balaban J connectivity index is 1.74. The Labute approximate surface area is 153 Å². The van der Waals surface area contributed by atoms with Crippen LogP contribution >= 0.6 is 0 Å². The van der Waals surface area contributed by atoms with Crippen molar-refractivity contribution in [3.63, 3.8) is 0 Å². The first-order valence-electron chi connectivity index (χ1n) is 7.76.